The van der Waals surface area contributed by atoms with E-state index in [0.717, 1.165) is 52.4 Å². The van der Waals surface area contributed by atoms with E-state index in [9.17, 15) is 0 Å². The molecule has 2 saturated heterocycles. The number of nitrogens with zero attached hydrogens (tertiary/aromatic N) is 2. The standard InChI is InChI=1S/C14H28N2O2/c1-3-15(4-2)7-5-8-16-9-11-18-14(12-16)6-10-17-13-14/h3-13H2,1-2H3/t14-/m0/s1. The van der Waals surface area contributed by atoms with Crippen molar-refractivity contribution in [3.63, 3.8) is 0 Å². The van der Waals surface area contributed by atoms with Crippen LogP contribution in [0.2, 0.25) is 0 Å². The first-order valence-electron chi connectivity index (χ1n) is 7.44. The summed E-state index contributed by atoms with van der Waals surface area (Å²) in [4.78, 5) is 5.05. The first-order valence-corrected chi connectivity index (χ1v) is 7.44. The van der Waals surface area contributed by atoms with Crippen molar-refractivity contribution in [2.45, 2.75) is 32.3 Å². The third kappa shape index (κ3) is 3.67. The van der Waals surface area contributed by atoms with Crippen LogP contribution in [0.1, 0.15) is 26.7 Å². The fourth-order valence-corrected chi connectivity index (χ4v) is 3.00. The van der Waals surface area contributed by atoms with E-state index in [-0.39, 0.29) is 5.60 Å². The van der Waals surface area contributed by atoms with Crippen molar-refractivity contribution < 1.29 is 9.47 Å². The van der Waals surface area contributed by atoms with Gasteiger partial charge in [0.2, 0.25) is 0 Å². The van der Waals surface area contributed by atoms with Crippen molar-refractivity contribution in [3.05, 3.63) is 0 Å². The molecule has 0 aromatic heterocycles. The molecule has 1 spiro atoms. The molecule has 18 heavy (non-hydrogen) atoms. The van der Waals surface area contributed by atoms with Gasteiger partial charge in [0.15, 0.2) is 0 Å². The summed E-state index contributed by atoms with van der Waals surface area (Å²) in [6, 6.07) is 0. The second-order valence-electron chi connectivity index (χ2n) is 5.49. The molecular weight excluding hydrogens is 228 g/mol. The van der Waals surface area contributed by atoms with Crippen LogP contribution >= 0.6 is 0 Å². The molecule has 0 aromatic rings. The summed E-state index contributed by atoms with van der Waals surface area (Å²) in [6.45, 7) is 13.9. The molecule has 2 fully saturated rings. The van der Waals surface area contributed by atoms with Crippen molar-refractivity contribution in [1.82, 2.24) is 9.80 Å². The molecule has 0 amide bonds. The molecule has 0 radical (unpaired) electrons. The molecule has 0 saturated carbocycles. The van der Waals surface area contributed by atoms with Crippen LogP contribution < -0.4 is 0 Å². The topological polar surface area (TPSA) is 24.9 Å². The maximum Gasteiger partial charge on any atom is 0.106 e. The van der Waals surface area contributed by atoms with Crippen LogP contribution in [-0.2, 0) is 9.47 Å². The molecule has 0 aromatic carbocycles. The molecule has 0 aliphatic carbocycles. The van der Waals surface area contributed by atoms with E-state index in [2.05, 4.69) is 23.6 Å². The summed E-state index contributed by atoms with van der Waals surface area (Å²) in [6.07, 6.45) is 2.33. The highest BCUT2D eigenvalue weighted by atomic mass is 16.6. The van der Waals surface area contributed by atoms with E-state index in [0.29, 0.717) is 0 Å². The lowest BCUT2D eigenvalue weighted by atomic mass is 10.0. The van der Waals surface area contributed by atoms with Crippen LogP contribution in [-0.4, -0.2) is 74.5 Å². The Morgan fingerprint density at radius 3 is 2.72 bits per heavy atom. The third-order valence-electron chi connectivity index (χ3n) is 4.24. The quantitative estimate of drug-likeness (QED) is 0.713. The number of ether oxygens (including phenoxy) is 2. The van der Waals surface area contributed by atoms with E-state index < -0.39 is 0 Å². The molecular formula is C14H28N2O2. The summed E-state index contributed by atoms with van der Waals surface area (Å²) >= 11 is 0. The fraction of sp³-hybridized carbons (Fsp3) is 1.00. The second-order valence-corrected chi connectivity index (χ2v) is 5.49. The van der Waals surface area contributed by atoms with Gasteiger partial charge in [0, 0.05) is 26.1 Å². The van der Waals surface area contributed by atoms with Crippen LogP contribution in [0.15, 0.2) is 0 Å². The summed E-state index contributed by atoms with van der Waals surface area (Å²) < 4.78 is 11.5. The Morgan fingerprint density at radius 1 is 1.22 bits per heavy atom. The number of morpholine rings is 1. The molecule has 2 rings (SSSR count). The molecule has 2 heterocycles. The van der Waals surface area contributed by atoms with Gasteiger partial charge in [0.1, 0.15) is 5.60 Å². The minimum atomic E-state index is 0.0213. The van der Waals surface area contributed by atoms with E-state index in [1.54, 1.807) is 0 Å². The van der Waals surface area contributed by atoms with Crippen molar-refractivity contribution in [3.8, 4) is 0 Å². The number of hydrogen-bond donors (Lipinski definition) is 0. The predicted octanol–water partition coefficient (Wildman–Crippen LogP) is 1.21. The van der Waals surface area contributed by atoms with Gasteiger partial charge in [0.05, 0.1) is 13.2 Å². The Balaban J connectivity index is 1.69. The smallest absolute Gasteiger partial charge is 0.106 e. The Hall–Kier alpha value is -0.160. The second kappa shape index (κ2) is 6.85. The Bertz CT molecular complexity index is 238. The third-order valence-corrected chi connectivity index (χ3v) is 4.24. The van der Waals surface area contributed by atoms with Crippen molar-refractivity contribution in [1.29, 1.82) is 0 Å². The number of rotatable bonds is 6. The largest absolute Gasteiger partial charge is 0.378 e. The molecule has 0 unspecified atom stereocenters. The average Bonchev–Trinajstić information content (AvgIpc) is 2.83. The molecule has 0 bridgehead atoms. The summed E-state index contributed by atoms with van der Waals surface area (Å²) in [5, 5.41) is 0. The number of hydrogen-bond acceptors (Lipinski definition) is 4. The first kappa shape index (κ1) is 14.3. The maximum absolute atomic E-state index is 5.95. The van der Waals surface area contributed by atoms with Crippen LogP contribution in [0.25, 0.3) is 0 Å². The van der Waals surface area contributed by atoms with Gasteiger partial charge >= 0.3 is 0 Å². The molecule has 4 nitrogen and oxygen atoms in total. The minimum Gasteiger partial charge on any atom is -0.378 e. The fourth-order valence-electron chi connectivity index (χ4n) is 3.00. The van der Waals surface area contributed by atoms with Gasteiger partial charge in [0.25, 0.3) is 0 Å². The van der Waals surface area contributed by atoms with E-state index >= 15 is 0 Å². The molecule has 106 valence electrons. The molecule has 0 N–H and O–H groups in total. The van der Waals surface area contributed by atoms with Crippen LogP contribution in [0.4, 0.5) is 0 Å². The Kier molecular flexibility index (Phi) is 5.42. The maximum atomic E-state index is 5.95. The highest BCUT2D eigenvalue weighted by Gasteiger charge is 2.40. The van der Waals surface area contributed by atoms with Crippen LogP contribution in [0.5, 0.6) is 0 Å². The van der Waals surface area contributed by atoms with Crippen LogP contribution in [0, 0.1) is 0 Å². The monoisotopic (exact) mass is 256 g/mol. The Morgan fingerprint density at radius 2 is 2.06 bits per heavy atom. The molecule has 2 aliphatic rings. The molecule has 4 heteroatoms. The highest BCUT2D eigenvalue weighted by molar-refractivity contribution is 4.91. The average molecular weight is 256 g/mol. The highest BCUT2D eigenvalue weighted by Crippen LogP contribution is 2.27. The van der Waals surface area contributed by atoms with Crippen LogP contribution in [0.3, 0.4) is 0 Å². The van der Waals surface area contributed by atoms with E-state index in [1.165, 1.54) is 19.5 Å². The minimum absolute atomic E-state index is 0.0213. The lowest BCUT2D eigenvalue weighted by Crippen LogP contribution is -2.52. The van der Waals surface area contributed by atoms with Gasteiger partial charge < -0.3 is 14.4 Å². The normalized spacial score (nSPS) is 29.5. The van der Waals surface area contributed by atoms with Gasteiger partial charge in [-0.15, -0.1) is 0 Å². The van der Waals surface area contributed by atoms with Gasteiger partial charge in [-0.1, -0.05) is 13.8 Å². The summed E-state index contributed by atoms with van der Waals surface area (Å²) in [5.74, 6) is 0. The lowest BCUT2D eigenvalue weighted by molar-refractivity contribution is -0.109. The van der Waals surface area contributed by atoms with Gasteiger partial charge in [-0.3, -0.25) is 4.90 Å². The zero-order valence-electron chi connectivity index (χ0n) is 12.0. The van der Waals surface area contributed by atoms with Crippen molar-refractivity contribution in [2.24, 2.45) is 0 Å². The van der Waals surface area contributed by atoms with Gasteiger partial charge in [-0.2, -0.15) is 0 Å². The van der Waals surface area contributed by atoms with Gasteiger partial charge in [-0.25, -0.2) is 0 Å². The Labute approximate surface area is 111 Å². The summed E-state index contributed by atoms with van der Waals surface area (Å²) in [7, 11) is 0. The zero-order chi connectivity index (χ0) is 12.8. The molecule has 2 aliphatic heterocycles. The van der Waals surface area contributed by atoms with Crippen molar-refractivity contribution in [2.75, 3.05) is 59.1 Å². The van der Waals surface area contributed by atoms with E-state index in [4.69, 9.17) is 9.47 Å². The zero-order valence-corrected chi connectivity index (χ0v) is 12.0. The van der Waals surface area contributed by atoms with Crippen molar-refractivity contribution >= 4 is 0 Å². The predicted molar refractivity (Wildman–Crippen MR) is 73.0 cm³/mol. The van der Waals surface area contributed by atoms with E-state index in [1.807, 2.05) is 0 Å². The van der Waals surface area contributed by atoms with Gasteiger partial charge in [-0.05, 0) is 32.6 Å². The molecule has 1 atom stereocenters. The lowest BCUT2D eigenvalue weighted by Gasteiger charge is -2.39. The first-order chi connectivity index (χ1) is 8.78. The summed E-state index contributed by atoms with van der Waals surface area (Å²) in [5.41, 5.74) is 0.0213. The SMILES string of the molecule is CCN(CC)CCCN1CCO[C@@]2(CCOC2)C1.